The Hall–Kier alpha value is -1.55. The predicted molar refractivity (Wildman–Crippen MR) is 70.9 cm³/mol. The molecule has 0 saturated heterocycles. The molecular formula is C14H14O3S. The summed E-state index contributed by atoms with van der Waals surface area (Å²) in [6.45, 7) is 0. The Kier molecular flexibility index (Phi) is 3.87. The summed E-state index contributed by atoms with van der Waals surface area (Å²) in [7, 11) is 0. The van der Waals surface area contributed by atoms with E-state index in [1.54, 1.807) is 11.8 Å². The SMILES string of the molecule is CSc1ccc(C2CC(=O)C(=CO)C(=O)C2)cc1. The van der Waals surface area contributed by atoms with Crippen LogP contribution in [0.3, 0.4) is 0 Å². The molecule has 0 atom stereocenters. The average Bonchev–Trinajstić information content (AvgIpc) is 2.38. The number of aliphatic hydroxyl groups is 1. The molecule has 2 rings (SSSR count). The van der Waals surface area contributed by atoms with Crippen LogP contribution < -0.4 is 0 Å². The molecule has 0 aliphatic heterocycles. The molecule has 0 amide bonds. The van der Waals surface area contributed by atoms with Gasteiger partial charge in [-0.3, -0.25) is 9.59 Å². The normalized spacial score (nSPS) is 20.1. The van der Waals surface area contributed by atoms with E-state index in [-0.39, 0.29) is 35.9 Å². The first-order valence-corrected chi connectivity index (χ1v) is 6.93. The van der Waals surface area contributed by atoms with Gasteiger partial charge in [0.1, 0.15) is 0 Å². The largest absolute Gasteiger partial charge is 0.515 e. The van der Waals surface area contributed by atoms with Crippen LogP contribution in [-0.2, 0) is 9.59 Å². The van der Waals surface area contributed by atoms with E-state index >= 15 is 0 Å². The molecule has 1 aromatic carbocycles. The molecule has 0 heterocycles. The fraction of sp³-hybridized carbons (Fsp3) is 0.286. The van der Waals surface area contributed by atoms with Crippen molar-refractivity contribution in [1.82, 2.24) is 0 Å². The first-order valence-electron chi connectivity index (χ1n) is 5.70. The molecule has 0 unspecified atom stereocenters. The minimum atomic E-state index is -0.271. The highest BCUT2D eigenvalue weighted by atomic mass is 32.2. The second kappa shape index (κ2) is 5.40. The fourth-order valence-corrected chi connectivity index (χ4v) is 2.56. The number of rotatable bonds is 2. The summed E-state index contributed by atoms with van der Waals surface area (Å²) >= 11 is 1.65. The number of ketones is 2. The molecule has 18 heavy (non-hydrogen) atoms. The number of aliphatic hydroxyl groups excluding tert-OH is 1. The third-order valence-corrected chi connectivity index (χ3v) is 3.92. The van der Waals surface area contributed by atoms with Gasteiger partial charge in [0.2, 0.25) is 0 Å². The number of hydrogen-bond acceptors (Lipinski definition) is 4. The smallest absolute Gasteiger partial charge is 0.170 e. The Bertz CT molecular complexity index is 482. The molecule has 1 fully saturated rings. The summed E-state index contributed by atoms with van der Waals surface area (Å²) in [6.07, 6.45) is 3.21. The van der Waals surface area contributed by atoms with Crippen molar-refractivity contribution in [2.45, 2.75) is 23.7 Å². The van der Waals surface area contributed by atoms with Crippen molar-refractivity contribution in [2.24, 2.45) is 0 Å². The van der Waals surface area contributed by atoms with Crippen LogP contribution in [0.1, 0.15) is 24.3 Å². The summed E-state index contributed by atoms with van der Waals surface area (Å²) in [5, 5.41) is 8.85. The van der Waals surface area contributed by atoms with Crippen molar-refractivity contribution < 1.29 is 14.7 Å². The maximum atomic E-state index is 11.7. The van der Waals surface area contributed by atoms with Crippen LogP contribution in [0.25, 0.3) is 0 Å². The number of carbonyl (C=O) groups is 2. The molecule has 1 aliphatic carbocycles. The van der Waals surface area contributed by atoms with Crippen LogP contribution in [0.15, 0.2) is 41.0 Å². The lowest BCUT2D eigenvalue weighted by molar-refractivity contribution is -0.124. The van der Waals surface area contributed by atoms with E-state index < -0.39 is 0 Å². The minimum absolute atomic E-state index is 0.0630. The average molecular weight is 262 g/mol. The van der Waals surface area contributed by atoms with Crippen molar-refractivity contribution in [3.05, 3.63) is 41.7 Å². The van der Waals surface area contributed by atoms with Gasteiger partial charge < -0.3 is 5.11 Å². The number of allylic oxidation sites excluding steroid dienone is 1. The quantitative estimate of drug-likeness (QED) is 0.385. The van der Waals surface area contributed by atoms with Gasteiger partial charge in [-0.25, -0.2) is 0 Å². The van der Waals surface area contributed by atoms with E-state index in [1.807, 2.05) is 30.5 Å². The molecule has 0 aromatic heterocycles. The molecule has 1 saturated carbocycles. The molecule has 1 aliphatic rings. The van der Waals surface area contributed by atoms with Gasteiger partial charge in [-0.1, -0.05) is 12.1 Å². The van der Waals surface area contributed by atoms with Gasteiger partial charge >= 0.3 is 0 Å². The lowest BCUT2D eigenvalue weighted by atomic mass is 9.80. The molecule has 94 valence electrons. The fourth-order valence-electron chi connectivity index (χ4n) is 2.15. The Labute approximate surface area is 110 Å². The first-order chi connectivity index (χ1) is 8.65. The highest BCUT2D eigenvalue weighted by Gasteiger charge is 2.31. The minimum Gasteiger partial charge on any atom is -0.515 e. The van der Waals surface area contributed by atoms with Gasteiger partial charge in [0.25, 0.3) is 0 Å². The molecule has 4 heteroatoms. The van der Waals surface area contributed by atoms with Crippen LogP contribution in [-0.4, -0.2) is 22.9 Å². The standard InChI is InChI=1S/C14H14O3S/c1-18-11-4-2-9(3-5-11)10-6-13(16)12(8-15)14(17)7-10/h2-5,8,10,15H,6-7H2,1H3. The third-order valence-electron chi connectivity index (χ3n) is 3.18. The van der Waals surface area contributed by atoms with Gasteiger partial charge in [0, 0.05) is 17.7 Å². The zero-order valence-corrected chi connectivity index (χ0v) is 10.9. The summed E-state index contributed by atoms with van der Waals surface area (Å²) in [4.78, 5) is 24.5. The lowest BCUT2D eigenvalue weighted by Gasteiger charge is -2.21. The van der Waals surface area contributed by atoms with Gasteiger partial charge in [-0.15, -0.1) is 11.8 Å². The van der Waals surface area contributed by atoms with Crippen LogP contribution in [0.5, 0.6) is 0 Å². The first kappa shape index (κ1) is 12.9. The Balaban J connectivity index is 2.20. The lowest BCUT2D eigenvalue weighted by Crippen LogP contribution is -2.24. The molecule has 0 spiro atoms. The Morgan fingerprint density at radius 1 is 1.17 bits per heavy atom. The third kappa shape index (κ3) is 2.48. The Morgan fingerprint density at radius 2 is 1.72 bits per heavy atom. The number of hydrogen-bond donors (Lipinski definition) is 1. The number of thioether (sulfide) groups is 1. The molecule has 1 N–H and O–H groups in total. The van der Waals surface area contributed by atoms with E-state index in [0.717, 1.165) is 10.5 Å². The highest BCUT2D eigenvalue weighted by Crippen LogP contribution is 2.32. The molecule has 0 radical (unpaired) electrons. The zero-order valence-electron chi connectivity index (χ0n) is 10.1. The van der Waals surface area contributed by atoms with E-state index in [1.165, 1.54) is 0 Å². The maximum absolute atomic E-state index is 11.7. The zero-order chi connectivity index (χ0) is 13.1. The molecule has 0 bridgehead atoms. The van der Waals surface area contributed by atoms with Crippen LogP contribution >= 0.6 is 11.8 Å². The van der Waals surface area contributed by atoms with E-state index in [9.17, 15) is 9.59 Å². The number of carbonyl (C=O) groups excluding carboxylic acids is 2. The van der Waals surface area contributed by atoms with Crippen molar-refractivity contribution in [3.8, 4) is 0 Å². The van der Waals surface area contributed by atoms with Crippen molar-refractivity contribution in [2.75, 3.05) is 6.26 Å². The molecular weight excluding hydrogens is 248 g/mol. The summed E-state index contributed by atoms with van der Waals surface area (Å²) in [6, 6.07) is 7.91. The number of Topliss-reactive ketones (excluding diaryl/α,β-unsaturated/α-hetero) is 2. The second-order valence-corrected chi connectivity index (χ2v) is 5.15. The van der Waals surface area contributed by atoms with Gasteiger partial charge in [0.05, 0.1) is 11.8 Å². The Morgan fingerprint density at radius 3 is 2.17 bits per heavy atom. The van der Waals surface area contributed by atoms with E-state index in [0.29, 0.717) is 6.26 Å². The van der Waals surface area contributed by atoms with Crippen LogP contribution in [0.2, 0.25) is 0 Å². The van der Waals surface area contributed by atoms with Crippen molar-refractivity contribution >= 4 is 23.3 Å². The van der Waals surface area contributed by atoms with Crippen LogP contribution in [0, 0.1) is 0 Å². The maximum Gasteiger partial charge on any atom is 0.170 e. The number of benzene rings is 1. The summed E-state index contributed by atoms with van der Waals surface area (Å²) in [5.74, 6) is -0.606. The summed E-state index contributed by atoms with van der Waals surface area (Å²) in [5.41, 5.74) is 0.943. The van der Waals surface area contributed by atoms with Crippen molar-refractivity contribution in [3.63, 3.8) is 0 Å². The summed E-state index contributed by atoms with van der Waals surface area (Å²) < 4.78 is 0. The van der Waals surface area contributed by atoms with Gasteiger partial charge in [-0.05, 0) is 29.9 Å². The van der Waals surface area contributed by atoms with E-state index in [2.05, 4.69) is 0 Å². The van der Waals surface area contributed by atoms with Crippen molar-refractivity contribution in [1.29, 1.82) is 0 Å². The van der Waals surface area contributed by atoms with Gasteiger partial charge in [-0.2, -0.15) is 0 Å². The predicted octanol–water partition coefficient (Wildman–Crippen LogP) is 2.87. The molecule has 3 nitrogen and oxygen atoms in total. The second-order valence-electron chi connectivity index (χ2n) is 4.27. The van der Waals surface area contributed by atoms with E-state index in [4.69, 9.17) is 5.11 Å². The highest BCUT2D eigenvalue weighted by molar-refractivity contribution is 7.98. The monoisotopic (exact) mass is 262 g/mol. The topological polar surface area (TPSA) is 54.4 Å². The molecule has 1 aromatic rings. The van der Waals surface area contributed by atoms with Crippen LogP contribution in [0.4, 0.5) is 0 Å². The van der Waals surface area contributed by atoms with Gasteiger partial charge in [0.15, 0.2) is 11.6 Å².